The molecule has 0 amide bonds. The van der Waals surface area contributed by atoms with Crippen molar-refractivity contribution in [3.05, 3.63) is 10.1 Å². The van der Waals surface area contributed by atoms with Gasteiger partial charge in [0.05, 0.1) is 5.92 Å². The number of carbonyl (C=O) groups is 2. The Morgan fingerprint density at radius 2 is 2.10 bits per heavy atom. The molecular formula is C14H19NO5. The Hall–Kier alpha value is -1.46. The average Bonchev–Trinajstić information content (AvgIpc) is 2.70. The normalized spacial score (nSPS) is 47.0. The van der Waals surface area contributed by atoms with Gasteiger partial charge in [-0.1, -0.05) is 0 Å². The molecule has 20 heavy (non-hydrogen) atoms. The Labute approximate surface area is 117 Å². The first kappa shape index (κ1) is 13.5. The molecule has 0 aromatic carbocycles. The van der Waals surface area contributed by atoms with Crippen LogP contribution in [0.4, 0.5) is 0 Å². The molecule has 0 N–H and O–H groups in total. The summed E-state index contributed by atoms with van der Waals surface area (Å²) < 4.78 is 5.29. The Morgan fingerprint density at radius 1 is 1.35 bits per heavy atom. The molecule has 0 aromatic rings. The van der Waals surface area contributed by atoms with Crippen molar-refractivity contribution in [2.24, 2.45) is 29.6 Å². The molecule has 0 unspecified atom stereocenters. The number of aldehydes is 1. The van der Waals surface area contributed by atoms with Crippen LogP contribution in [0.2, 0.25) is 0 Å². The molecule has 3 fully saturated rings. The van der Waals surface area contributed by atoms with E-state index >= 15 is 0 Å². The fourth-order valence-corrected chi connectivity index (χ4v) is 4.70. The highest BCUT2D eigenvalue weighted by Gasteiger charge is 2.56. The molecule has 6 nitrogen and oxygen atoms in total. The smallest absolute Gasteiger partial charge is 0.309 e. The van der Waals surface area contributed by atoms with Gasteiger partial charge in [-0.15, -0.1) is 0 Å². The van der Waals surface area contributed by atoms with E-state index in [1.54, 1.807) is 0 Å². The van der Waals surface area contributed by atoms with Crippen LogP contribution >= 0.6 is 0 Å². The predicted molar refractivity (Wildman–Crippen MR) is 68.3 cm³/mol. The molecule has 0 aromatic heterocycles. The van der Waals surface area contributed by atoms with Crippen LogP contribution in [0.3, 0.4) is 0 Å². The molecule has 7 atom stereocenters. The van der Waals surface area contributed by atoms with Gasteiger partial charge in [0, 0.05) is 29.6 Å². The minimum Gasteiger partial charge on any atom is -0.462 e. The van der Waals surface area contributed by atoms with Gasteiger partial charge in [-0.2, -0.15) is 0 Å². The van der Waals surface area contributed by atoms with Crippen LogP contribution < -0.4 is 0 Å². The fraction of sp³-hybridized carbons (Fsp3) is 0.857. The highest BCUT2D eigenvalue weighted by Crippen LogP contribution is 2.52. The molecule has 0 radical (unpaired) electrons. The van der Waals surface area contributed by atoms with Crippen LogP contribution in [0.15, 0.2) is 0 Å². The summed E-state index contributed by atoms with van der Waals surface area (Å²) in [6.45, 7) is 1.85. The van der Waals surface area contributed by atoms with E-state index in [2.05, 4.69) is 0 Å². The zero-order valence-electron chi connectivity index (χ0n) is 11.4. The van der Waals surface area contributed by atoms with Gasteiger partial charge >= 0.3 is 5.97 Å². The van der Waals surface area contributed by atoms with E-state index < -0.39 is 6.04 Å². The molecule has 1 aliphatic heterocycles. The summed E-state index contributed by atoms with van der Waals surface area (Å²) >= 11 is 0. The first-order valence-corrected chi connectivity index (χ1v) is 7.32. The second kappa shape index (κ2) is 4.82. The van der Waals surface area contributed by atoms with Gasteiger partial charge in [-0.05, 0) is 31.6 Å². The highest BCUT2D eigenvalue weighted by atomic mass is 16.6. The molecule has 0 spiro atoms. The van der Waals surface area contributed by atoms with Crippen LogP contribution in [-0.2, 0) is 14.3 Å². The number of nitro groups is 1. The second-order valence-corrected chi connectivity index (χ2v) is 6.45. The number of nitrogens with zero attached hydrogens (tertiary/aromatic N) is 1. The van der Waals surface area contributed by atoms with E-state index in [-0.39, 0.29) is 46.6 Å². The second-order valence-electron chi connectivity index (χ2n) is 6.45. The minimum atomic E-state index is -0.519. The third-order valence-electron chi connectivity index (χ3n) is 5.58. The van der Waals surface area contributed by atoms with Crippen molar-refractivity contribution in [2.45, 2.75) is 44.8 Å². The summed E-state index contributed by atoms with van der Waals surface area (Å²) in [6.07, 6.45) is 3.14. The maximum absolute atomic E-state index is 11.9. The van der Waals surface area contributed by atoms with Gasteiger partial charge in [0.2, 0.25) is 6.04 Å². The summed E-state index contributed by atoms with van der Waals surface area (Å²) in [5.41, 5.74) is 0. The Kier molecular flexibility index (Phi) is 3.26. The fourth-order valence-electron chi connectivity index (χ4n) is 4.70. The van der Waals surface area contributed by atoms with E-state index in [1.165, 1.54) is 0 Å². The van der Waals surface area contributed by atoms with Gasteiger partial charge in [-0.3, -0.25) is 14.9 Å². The number of ether oxygens (including phenoxy) is 1. The Balaban J connectivity index is 1.85. The molecular weight excluding hydrogens is 262 g/mol. The van der Waals surface area contributed by atoms with Crippen LogP contribution in [0.25, 0.3) is 0 Å². The molecule has 3 rings (SSSR count). The lowest BCUT2D eigenvalue weighted by Crippen LogP contribution is -2.47. The minimum absolute atomic E-state index is 0.0339. The summed E-state index contributed by atoms with van der Waals surface area (Å²) in [6, 6.07) is -0.519. The van der Waals surface area contributed by atoms with E-state index in [0.29, 0.717) is 25.7 Å². The standard InChI is InChI=1S/C14H19NO5/c1-7-13-11(14(17)20-7)5-8-4-9(15(18)19)2-3-10(8)12(13)6-16/h6-13H,2-5H2,1H3/t7-,8+,9-,10-,11-,12+,13-/m1/s1. The molecule has 6 heteroatoms. The van der Waals surface area contributed by atoms with E-state index in [0.717, 1.165) is 6.29 Å². The number of fused-ring (bicyclic) bond motifs is 2. The maximum atomic E-state index is 11.9. The van der Waals surface area contributed by atoms with Crippen molar-refractivity contribution in [1.29, 1.82) is 0 Å². The lowest BCUT2D eigenvalue weighted by atomic mass is 9.57. The van der Waals surface area contributed by atoms with Crippen LogP contribution in [0.5, 0.6) is 0 Å². The number of esters is 1. The molecule has 3 aliphatic rings. The van der Waals surface area contributed by atoms with Crippen molar-refractivity contribution in [3.63, 3.8) is 0 Å². The third kappa shape index (κ3) is 1.93. The van der Waals surface area contributed by atoms with Crippen molar-refractivity contribution in [3.8, 4) is 0 Å². The largest absolute Gasteiger partial charge is 0.462 e. The van der Waals surface area contributed by atoms with E-state index in [4.69, 9.17) is 4.74 Å². The third-order valence-corrected chi connectivity index (χ3v) is 5.58. The van der Waals surface area contributed by atoms with Gasteiger partial charge < -0.3 is 9.53 Å². The van der Waals surface area contributed by atoms with Crippen LogP contribution in [0, 0.1) is 39.7 Å². The summed E-state index contributed by atoms with van der Waals surface area (Å²) in [5, 5.41) is 11.0. The van der Waals surface area contributed by atoms with Crippen molar-refractivity contribution < 1.29 is 19.2 Å². The summed E-state index contributed by atoms with van der Waals surface area (Å²) in [7, 11) is 0. The molecule has 1 saturated heterocycles. The van der Waals surface area contributed by atoms with E-state index in [1.807, 2.05) is 6.92 Å². The Bertz CT molecular complexity index is 451. The Morgan fingerprint density at radius 3 is 2.75 bits per heavy atom. The lowest BCUT2D eigenvalue weighted by molar-refractivity contribution is -0.529. The predicted octanol–water partition coefficient (Wildman–Crippen LogP) is 1.44. The monoisotopic (exact) mass is 281 g/mol. The number of cyclic esters (lactones) is 1. The number of hydrogen-bond acceptors (Lipinski definition) is 5. The number of hydrogen-bond donors (Lipinski definition) is 0. The van der Waals surface area contributed by atoms with Crippen LogP contribution in [0.1, 0.15) is 32.6 Å². The summed E-state index contributed by atoms with van der Waals surface area (Å²) in [4.78, 5) is 34.2. The average molecular weight is 281 g/mol. The lowest BCUT2D eigenvalue weighted by Gasteiger charge is -2.44. The first-order chi connectivity index (χ1) is 9.52. The number of carbonyl (C=O) groups excluding carboxylic acids is 2. The van der Waals surface area contributed by atoms with Crippen molar-refractivity contribution in [2.75, 3.05) is 0 Å². The molecule has 1 heterocycles. The summed E-state index contributed by atoms with van der Waals surface area (Å²) in [5.74, 6) is -0.403. The van der Waals surface area contributed by atoms with Gasteiger partial charge in [0.25, 0.3) is 0 Å². The SMILES string of the molecule is C[C@H]1OC(=O)[C@@H]2C[C@@H]3C[C@H]([N+](=O)[O-])CC[C@H]3[C@H](C=O)[C@H]12. The molecule has 110 valence electrons. The maximum Gasteiger partial charge on any atom is 0.309 e. The van der Waals surface area contributed by atoms with Gasteiger partial charge in [0.1, 0.15) is 12.4 Å². The number of rotatable bonds is 2. The van der Waals surface area contributed by atoms with E-state index in [9.17, 15) is 19.7 Å². The molecule has 0 bridgehead atoms. The van der Waals surface area contributed by atoms with Crippen LogP contribution in [-0.4, -0.2) is 29.3 Å². The molecule has 2 aliphatic carbocycles. The zero-order valence-corrected chi connectivity index (χ0v) is 11.4. The zero-order chi connectivity index (χ0) is 14.4. The van der Waals surface area contributed by atoms with Gasteiger partial charge in [-0.25, -0.2) is 0 Å². The van der Waals surface area contributed by atoms with Crippen molar-refractivity contribution >= 4 is 12.3 Å². The quantitative estimate of drug-likeness (QED) is 0.331. The van der Waals surface area contributed by atoms with Crippen molar-refractivity contribution in [1.82, 2.24) is 0 Å². The van der Waals surface area contributed by atoms with Gasteiger partial charge in [0.15, 0.2) is 0 Å². The molecule has 2 saturated carbocycles. The first-order valence-electron chi connectivity index (χ1n) is 7.32. The highest BCUT2D eigenvalue weighted by molar-refractivity contribution is 5.76. The topological polar surface area (TPSA) is 86.5 Å².